The van der Waals surface area contributed by atoms with Crippen LogP contribution in [0.3, 0.4) is 0 Å². The fourth-order valence-corrected chi connectivity index (χ4v) is 3.99. The Balaban J connectivity index is 0.000000261. The van der Waals surface area contributed by atoms with Crippen molar-refractivity contribution < 1.29 is 22.3 Å². The minimum Gasteiger partial charge on any atom is -0.744 e. The number of carbonyl (C=O) groups is 1. The van der Waals surface area contributed by atoms with Gasteiger partial charge in [0.1, 0.15) is 17.2 Å². The first kappa shape index (κ1) is 26.0. The first-order valence-corrected chi connectivity index (χ1v) is 12.7. The van der Waals surface area contributed by atoms with Crippen LogP contribution in [0.1, 0.15) is 40.9 Å². The largest absolute Gasteiger partial charge is 0.744 e. The van der Waals surface area contributed by atoms with Crippen LogP contribution in [0.25, 0.3) is 23.1 Å². The zero-order valence-corrected chi connectivity index (χ0v) is 21.1. The molecule has 0 saturated carbocycles. The van der Waals surface area contributed by atoms with Gasteiger partial charge in [-0.15, -0.1) is 0 Å². The first-order valence-electron chi connectivity index (χ1n) is 11.3. The van der Waals surface area contributed by atoms with Gasteiger partial charge in [0.25, 0.3) is 0 Å². The Labute approximate surface area is 207 Å². The number of carbonyl (C=O) groups excluding carboxylic acids is 1. The highest BCUT2D eigenvalue weighted by Crippen LogP contribution is 2.18. The Hall–Kier alpha value is -3.61. The molecule has 0 amide bonds. The van der Waals surface area contributed by atoms with Crippen LogP contribution >= 0.6 is 0 Å². The second-order valence-electron chi connectivity index (χ2n) is 8.64. The van der Waals surface area contributed by atoms with E-state index >= 15 is 0 Å². The quantitative estimate of drug-likeness (QED) is 0.209. The van der Waals surface area contributed by atoms with Crippen molar-refractivity contribution in [1.29, 1.82) is 0 Å². The standard InChI is InChI=1S/C22H22NO.C7H8O3S/c1-16(2)22(24)19-12-9-17(10-13-19)8-11-18-14-15-23(3)21-7-5-4-6-20(18)21;1-6-2-4-7(5-3-6)11(8,9)10/h4-16H,1-3H3;2-5H,1H3,(H,8,9,10)/q+1;/p-1/b11-8+;. The normalized spacial score (nSPS) is 11.5. The van der Waals surface area contributed by atoms with E-state index in [9.17, 15) is 17.8 Å². The summed E-state index contributed by atoms with van der Waals surface area (Å²) in [5.74, 6) is 0.217. The van der Waals surface area contributed by atoms with Gasteiger partial charge in [0, 0.05) is 23.6 Å². The molecule has 35 heavy (non-hydrogen) atoms. The maximum atomic E-state index is 12.0. The van der Waals surface area contributed by atoms with E-state index < -0.39 is 10.1 Å². The summed E-state index contributed by atoms with van der Waals surface area (Å²) in [6.07, 6.45) is 6.29. The molecule has 0 saturated heterocycles. The van der Waals surface area contributed by atoms with E-state index in [2.05, 4.69) is 60.3 Å². The lowest BCUT2D eigenvalue weighted by Crippen LogP contribution is -2.28. The monoisotopic (exact) mass is 487 g/mol. The number of ketones is 1. The number of hydrogen-bond donors (Lipinski definition) is 0. The van der Waals surface area contributed by atoms with Gasteiger partial charge in [0.15, 0.2) is 12.0 Å². The van der Waals surface area contributed by atoms with Crippen molar-refractivity contribution in [3.63, 3.8) is 0 Å². The lowest BCUT2D eigenvalue weighted by molar-refractivity contribution is -0.644. The predicted molar refractivity (Wildman–Crippen MR) is 139 cm³/mol. The summed E-state index contributed by atoms with van der Waals surface area (Å²) in [6, 6.07) is 24.1. The molecular weight excluding hydrogens is 458 g/mol. The number of para-hydroxylation sites is 1. The molecule has 6 heteroatoms. The van der Waals surface area contributed by atoms with Crippen molar-refractivity contribution in [3.8, 4) is 0 Å². The summed E-state index contributed by atoms with van der Waals surface area (Å²) < 4.78 is 33.3. The van der Waals surface area contributed by atoms with Gasteiger partial charge in [0.05, 0.1) is 10.3 Å². The molecule has 0 aliphatic carbocycles. The molecule has 3 aromatic carbocycles. The van der Waals surface area contributed by atoms with Gasteiger partial charge in [-0.2, -0.15) is 0 Å². The third-order valence-electron chi connectivity index (χ3n) is 5.56. The molecule has 0 spiro atoms. The van der Waals surface area contributed by atoms with Gasteiger partial charge in [-0.05, 0) is 36.2 Å². The number of Topliss-reactive ketones (excluding diaryl/α,β-unsaturated/α-hetero) is 1. The van der Waals surface area contributed by atoms with E-state index in [1.165, 1.54) is 28.6 Å². The molecule has 5 nitrogen and oxygen atoms in total. The molecule has 1 heterocycles. The Kier molecular flexibility index (Phi) is 8.33. The number of aromatic nitrogens is 1. The summed E-state index contributed by atoms with van der Waals surface area (Å²) in [5.41, 5.74) is 5.19. The minimum atomic E-state index is -4.27. The van der Waals surface area contributed by atoms with Gasteiger partial charge in [-0.3, -0.25) is 4.79 Å². The lowest BCUT2D eigenvalue weighted by Gasteiger charge is -2.05. The highest BCUT2D eigenvalue weighted by atomic mass is 32.2. The molecule has 0 unspecified atom stereocenters. The van der Waals surface area contributed by atoms with Crippen LogP contribution in [-0.4, -0.2) is 18.8 Å². The first-order chi connectivity index (χ1) is 16.6. The van der Waals surface area contributed by atoms with Gasteiger partial charge in [-0.25, -0.2) is 13.0 Å². The van der Waals surface area contributed by atoms with Gasteiger partial charge >= 0.3 is 0 Å². The molecule has 0 aliphatic heterocycles. The molecule has 1 aromatic heterocycles. The van der Waals surface area contributed by atoms with Gasteiger partial charge in [0.2, 0.25) is 5.52 Å². The fourth-order valence-electron chi connectivity index (χ4n) is 3.52. The van der Waals surface area contributed by atoms with Crippen molar-refractivity contribution in [3.05, 3.63) is 107 Å². The average molecular weight is 488 g/mol. The van der Waals surface area contributed by atoms with Gasteiger partial charge in [-0.1, -0.05) is 80.1 Å². The van der Waals surface area contributed by atoms with E-state index in [0.29, 0.717) is 0 Å². The van der Waals surface area contributed by atoms with E-state index in [1.54, 1.807) is 12.1 Å². The Bertz CT molecular complexity index is 1450. The Morgan fingerprint density at radius 2 is 1.51 bits per heavy atom. The molecule has 0 bridgehead atoms. The smallest absolute Gasteiger partial charge is 0.212 e. The number of nitrogens with zero attached hydrogens (tertiary/aromatic N) is 1. The zero-order valence-electron chi connectivity index (χ0n) is 20.3. The fraction of sp³-hybridized carbons (Fsp3) is 0.172. The number of aryl methyl sites for hydroxylation is 2. The van der Waals surface area contributed by atoms with Crippen molar-refractivity contribution >= 4 is 39.0 Å². The van der Waals surface area contributed by atoms with E-state index in [-0.39, 0.29) is 16.6 Å². The molecule has 180 valence electrons. The van der Waals surface area contributed by atoms with Crippen molar-refractivity contribution in [2.45, 2.75) is 25.7 Å². The van der Waals surface area contributed by atoms with Crippen molar-refractivity contribution in [2.24, 2.45) is 13.0 Å². The third kappa shape index (κ3) is 6.94. The second kappa shape index (κ2) is 11.2. The second-order valence-corrected chi connectivity index (χ2v) is 10.0. The molecule has 0 radical (unpaired) electrons. The maximum absolute atomic E-state index is 12.0. The number of benzene rings is 3. The van der Waals surface area contributed by atoms with Crippen LogP contribution < -0.4 is 4.57 Å². The van der Waals surface area contributed by atoms with E-state index in [1.807, 2.05) is 45.0 Å². The third-order valence-corrected chi connectivity index (χ3v) is 6.41. The van der Waals surface area contributed by atoms with E-state index in [0.717, 1.165) is 16.7 Å². The number of hydrogen-bond acceptors (Lipinski definition) is 4. The van der Waals surface area contributed by atoms with E-state index in [4.69, 9.17) is 0 Å². The number of fused-ring (bicyclic) bond motifs is 1. The summed E-state index contributed by atoms with van der Waals surface area (Å²) in [5, 5.41) is 1.23. The summed E-state index contributed by atoms with van der Waals surface area (Å²) in [4.78, 5) is 11.8. The van der Waals surface area contributed by atoms with Crippen LogP contribution in [0.5, 0.6) is 0 Å². The van der Waals surface area contributed by atoms with Crippen LogP contribution in [0.15, 0.2) is 90.0 Å². The SMILES string of the molecule is CC(C)C(=O)c1ccc(/C=C/c2cc[n+](C)c3ccccc23)cc1.Cc1ccc(S(=O)(=O)[O-])cc1. The number of pyridine rings is 1. The molecule has 0 atom stereocenters. The topological polar surface area (TPSA) is 78.1 Å². The highest BCUT2D eigenvalue weighted by Gasteiger charge is 2.10. The predicted octanol–water partition coefficient (Wildman–Crippen LogP) is 5.57. The maximum Gasteiger partial charge on any atom is 0.212 e. The van der Waals surface area contributed by atoms with Crippen LogP contribution in [0.2, 0.25) is 0 Å². The zero-order chi connectivity index (χ0) is 25.6. The van der Waals surface area contributed by atoms with Crippen molar-refractivity contribution in [2.75, 3.05) is 0 Å². The Morgan fingerprint density at radius 3 is 2.11 bits per heavy atom. The molecule has 4 rings (SSSR count). The molecule has 0 fully saturated rings. The number of rotatable bonds is 5. The minimum absolute atomic E-state index is 0.0304. The lowest BCUT2D eigenvalue weighted by atomic mass is 10.00. The summed E-state index contributed by atoms with van der Waals surface area (Å²) in [7, 11) is -2.21. The van der Waals surface area contributed by atoms with Crippen LogP contribution in [0.4, 0.5) is 0 Å². The summed E-state index contributed by atoms with van der Waals surface area (Å²) >= 11 is 0. The Morgan fingerprint density at radius 1 is 0.886 bits per heavy atom. The van der Waals surface area contributed by atoms with Gasteiger partial charge < -0.3 is 4.55 Å². The average Bonchev–Trinajstić information content (AvgIpc) is 2.84. The molecule has 0 aliphatic rings. The molecule has 4 aromatic rings. The summed E-state index contributed by atoms with van der Waals surface area (Å²) in [6.45, 7) is 5.68. The highest BCUT2D eigenvalue weighted by molar-refractivity contribution is 7.85. The van der Waals surface area contributed by atoms with Crippen LogP contribution in [-0.2, 0) is 17.2 Å². The molecule has 0 N–H and O–H groups in total. The molecular formula is C29H29NO4S. The van der Waals surface area contributed by atoms with Crippen LogP contribution in [0, 0.1) is 12.8 Å². The van der Waals surface area contributed by atoms with Crippen molar-refractivity contribution in [1.82, 2.24) is 0 Å².